The summed E-state index contributed by atoms with van der Waals surface area (Å²) in [6.45, 7) is 2.26. The smallest absolute Gasteiger partial charge is 0.242 e. The first-order valence-electron chi connectivity index (χ1n) is 10.5. The molecule has 0 aromatic heterocycles. The molecule has 0 unspecified atom stereocenters. The highest BCUT2D eigenvalue weighted by Crippen LogP contribution is 2.20. The minimum atomic E-state index is -0.505. The van der Waals surface area contributed by atoms with Crippen LogP contribution in [0.4, 0.5) is 0 Å². The fourth-order valence-corrected chi connectivity index (χ4v) is 5.04. The van der Waals surface area contributed by atoms with E-state index < -0.39 is 6.04 Å². The molecule has 0 aliphatic heterocycles. The Morgan fingerprint density at radius 1 is 1.10 bits per heavy atom. The summed E-state index contributed by atoms with van der Waals surface area (Å²) < 4.78 is 0.967. The third kappa shape index (κ3) is 6.88. The molecule has 1 atom stereocenters. The van der Waals surface area contributed by atoms with E-state index in [1.807, 2.05) is 49.4 Å². The van der Waals surface area contributed by atoms with Crippen LogP contribution in [0.25, 0.3) is 0 Å². The van der Waals surface area contributed by atoms with Crippen molar-refractivity contribution in [1.29, 1.82) is 0 Å². The van der Waals surface area contributed by atoms with Gasteiger partial charge in [-0.25, -0.2) is 0 Å². The van der Waals surface area contributed by atoms with Crippen molar-refractivity contribution >= 4 is 39.5 Å². The van der Waals surface area contributed by atoms with Crippen molar-refractivity contribution in [3.05, 3.63) is 70.2 Å². The second-order valence-corrected chi connectivity index (χ2v) is 9.70. The summed E-state index contributed by atoms with van der Waals surface area (Å²) in [5, 5.41) is 3.14. The maximum absolute atomic E-state index is 13.1. The number of amides is 2. The molecule has 2 amide bonds. The highest BCUT2D eigenvalue weighted by atomic mass is 79.9. The first kappa shape index (κ1) is 22.9. The molecule has 30 heavy (non-hydrogen) atoms. The second kappa shape index (κ2) is 11.6. The summed E-state index contributed by atoms with van der Waals surface area (Å²) in [5.74, 6) is 1.06. The van der Waals surface area contributed by atoms with Crippen molar-refractivity contribution < 1.29 is 9.59 Å². The molecule has 2 aromatic carbocycles. The lowest BCUT2D eigenvalue weighted by atomic mass is 10.1. The van der Waals surface area contributed by atoms with Crippen LogP contribution in [0.15, 0.2) is 59.1 Å². The summed E-state index contributed by atoms with van der Waals surface area (Å²) in [6, 6.07) is 17.8. The number of hydrogen-bond donors (Lipinski definition) is 1. The van der Waals surface area contributed by atoms with Crippen molar-refractivity contribution in [3.8, 4) is 0 Å². The van der Waals surface area contributed by atoms with Gasteiger partial charge in [0.15, 0.2) is 0 Å². The van der Waals surface area contributed by atoms with E-state index >= 15 is 0 Å². The lowest BCUT2D eigenvalue weighted by Crippen LogP contribution is -2.50. The summed E-state index contributed by atoms with van der Waals surface area (Å²) in [7, 11) is 0. The topological polar surface area (TPSA) is 49.4 Å². The molecule has 1 aliphatic rings. The van der Waals surface area contributed by atoms with Crippen LogP contribution >= 0.6 is 27.7 Å². The zero-order valence-corrected chi connectivity index (χ0v) is 19.8. The molecular formula is C24H29BrN2O2S. The zero-order chi connectivity index (χ0) is 21.3. The first-order chi connectivity index (χ1) is 14.5. The van der Waals surface area contributed by atoms with E-state index in [-0.39, 0.29) is 17.9 Å². The molecule has 6 heteroatoms. The van der Waals surface area contributed by atoms with Gasteiger partial charge in [-0.15, -0.1) is 11.8 Å². The molecule has 1 N–H and O–H groups in total. The van der Waals surface area contributed by atoms with Crippen molar-refractivity contribution in [2.45, 2.75) is 57.0 Å². The predicted molar refractivity (Wildman–Crippen MR) is 127 cm³/mol. The van der Waals surface area contributed by atoms with E-state index in [1.165, 1.54) is 5.56 Å². The molecular weight excluding hydrogens is 460 g/mol. The number of benzene rings is 2. The fourth-order valence-electron chi connectivity index (χ4n) is 3.72. The van der Waals surface area contributed by atoms with Crippen LogP contribution in [-0.4, -0.2) is 34.6 Å². The molecule has 1 saturated carbocycles. The Balaban J connectivity index is 1.65. The molecule has 1 aliphatic carbocycles. The number of carbonyl (C=O) groups is 2. The van der Waals surface area contributed by atoms with Crippen molar-refractivity contribution in [2.75, 3.05) is 5.75 Å². The molecule has 4 nitrogen and oxygen atoms in total. The fraction of sp³-hybridized carbons (Fsp3) is 0.417. The number of hydrogen-bond acceptors (Lipinski definition) is 3. The Morgan fingerprint density at radius 3 is 2.50 bits per heavy atom. The van der Waals surface area contributed by atoms with Gasteiger partial charge < -0.3 is 10.2 Å². The summed E-state index contributed by atoms with van der Waals surface area (Å²) >= 11 is 5.08. The molecule has 0 saturated heterocycles. The van der Waals surface area contributed by atoms with Crippen molar-refractivity contribution in [1.82, 2.24) is 10.2 Å². The first-order valence-corrected chi connectivity index (χ1v) is 12.4. The van der Waals surface area contributed by atoms with E-state index in [0.29, 0.717) is 12.3 Å². The molecule has 160 valence electrons. The van der Waals surface area contributed by atoms with Gasteiger partial charge in [0, 0.05) is 22.8 Å². The van der Waals surface area contributed by atoms with Gasteiger partial charge in [0.25, 0.3) is 0 Å². The molecule has 0 heterocycles. The van der Waals surface area contributed by atoms with Crippen LogP contribution in [0, 0.1) is 0 Å². The Labute approximate surface area is 191 Å². The molecule has 0 spiro atoms. The Morgan fingerprint density at radius 2 is 1.80 bits per heavy atom. The zero-order valence-electron chi connectivity index (χ0n) is 17.4. The number of carbonyl (C=O) groups excluding carboxylic acids is 2. The predicted octanol–water partition coefficient (Wildman–Crippen LogP) is 5.16. The highest BCUT2D eigenvalue weighted by Gasteiger charge is 2.28. The minimum Gasteiger partial charge on any atom is -0.352 e. The Bertz CT molecular complexity index is 840. The van der Waals surface area contributed by atoms with Gasteiger partial charge in [0.05, 0.1) is 5.75 Å². The highest BCUT2D eigenvalue weighted by molar-refractivity contribution is 9.10. The number of nitrogens with one attached hydrogen (secondary N) is 1. The maximum Gasteiger partial charge on any atom is 0.242 e. The van der Waals surface area contributed by atoms with Crippen LogP contribution in [0.1, 0.15) is 43.7 Å². The number of rotatable bonds is 9. The lowest BCUT2D eigenvalue weighted by Gasteiger charge is -2.29. The largest absolute Gasteiger partial charge is 0.352 e. The van der Waals surface area contributed by atoms with Crippen LogP contribution < -0.4 is 5.32 Å². The Kier molecular flexibility index (Phi) is 8.82. The average Bonchev–Trinajstić information content (AvgIpc) is 3.25. The van der Waals surface area contributed by atoms with Gasteiger partial charge in [0.1, 0.15) is 6.04 Å². The van der Waals surface area contributed by atoms with Gasteiger partial charge in [-0.2, -0.15) is 0 Å². The summed E-state index contributed by atoms with van der Waals surface area (Å²) in [6.07, 6.45) is 4.39. The van der Waals surface area contributed by atoms with Gasteiger partial charge in [-0.3, -0.25) is 9.59 Å². The number of nitrogens with zero attached hydrogens (tertiary/aromatic N) is 1. The number of thioether (sulfide) groups is 1. The standard InChI is InChI=1S/C24H29BrN2O2S/c1-18(24(29)26-22-12-5-6-13-22)27(15-20-10-7-11-21(25)14-20)23(28)17-30-16-19-8-3-2-4-9-19/h2-4,7-11,14,18,22H,5-6,12-13,15-17H2,1H3,(H,26,29)/t18-/m0/s1. The minimum absolute atomic E-state index is 0.00928. The van der Waals surface area contributed by atoms with Gasteiger partial charge in [-0.1, -0.05) is 71.2 Å². The van der Waals surface area contributed by atoms with E-state index in [9.17, 15) is 9.59 Å². The van der Waals surface area contributed by atoms with E-state index in [0.717, 1.165) is 41.5 Å². The molecule has 0 radical (unpaired) electrons. The second-order valence-electron chi connectivity index (χ2n) is 7.80. The van der Waals surface area contributed by atoms with E-state index in [1.54, 1.807) is 16.7 Å². The third-order valence-electron chi connectivity index (χ3n) is 5.45. The summed E-state index contributed by atoms with van der Waals surface area (Å²) in [5.41, 5.74) is 2.20. The third-order valence-corrected chi connectivity index (χ3v) is 6.93. The van der Waals surface area contributed by atoms with E-state index in [4.69, 9.17) is 0 Å². The van der Waals surface area contributed by atoms with Gasteiger partial charge in [0.2, 0.25) is 11.8 Å². The van der Waals surface area contributed by atoms with Crippen LogP contribution in [-0.2, 0) is 21.9 Å². The van der Waals surface area contributed by atoms with Crippen LogP contribution in [0.5, 0.6) is 0 Å². The molecule has 2 aromatic rings. The maximum atomic E-state index is 13.1. The van der Waals surface area contributed by atoms with Crippen LogP contribution in [0.2, 0.25) is 0 Å². The number of halogens is 1. The van der Waals surface area contributed by atoms with Gasteiger partial charge >= 0.3 is 0 Å². The molecule has 1 fully saturated rings. The summed E-state index contributed by atoms with van der Waals surface area (Å²) in [4.78, 5) is 27.7. The van der Waals surface area contributed by atoms with Crippen LogP contribution in [0.3, 0.4) is 0 Å². The average molecular weight is 489 g/mol. The SMILES string of the molecule is C[C@@H](C(=O)NC1CCCC1)N(Cc1cccc(Br)c1)C(=O)CSCc1ccccc1. The van der Waals surface area contributed by atoms with Gasteiger partial charge in [-0.05, 0) is 43.0 Å². The molecule has 0 bridgehead atoms. The van der Waals surface area contributed by atoms with E-state index in [2.05, 4.69) is 33.4 Å². The molecule has 3 rings (SSSR count). The lowest BCUT2D eigenvalue weighted by molar-refractivity contribution is -0.138. The quantitative estimate of drug-likeness (QED) is 0.530. The van der Waals surface area contributed by atoms with Crippen molar-refractivity contribution in [3.63, 3.8) is 0 Å². The van der Waals surface area contributed by atoms with Crippen molar-refractivity contribution in [2.24, 2.45) is 0 Å². The normalized spacial score (nSPS) is 15.0. The Hall–Kier alpha value is -1.79. The monoisotopic (exact) mass is 488 g/mol.